The summed E-state index contributed by atoms with van der Waals surface area (Å²) in [6.07, 6.45) is 3.22. The predicted octanol–water partition coefficient (Wildman–Crippen LogP) is 4.97. The number of aliphatic hydroxyl groups is 1. The molecule has 32 heavy (non-hydrogen) atoms. The third-order valence-corrected chi connectivity index (χ3v) is 6.22. The van der Waals surface area contributed by atoms with Crippen molar-refractivity contribution < 1.29 is 13.9 Å². The second kappa shape index (κ2) is 8.24. The minimum Gasteiger partial charge on any atom is -0.390 e. The average Bonchev–Trinajstić information content (AvgIpc) is 2.75. The van der Waals surface area contributed by atoms with E-state index in [1.54, 1.807) is 6.07 Å². The van der Waals surface area contributed by atoms with E-state index in [4.69, 9.17) is 0 Å². The molecule has 3 heterocycles. The minimum absolute atomic E-state index is 0.0200. The quantitative estimate of drug-likeness (QED) is 0.582. The highest BCUT2D eigenvalue weighted by Crippen LogP contribution is 2.32. The number of anilines is 2. The number of hydrogen-bond donors (Lipinski definition) is 2. The van der Waals surface area contributed by atoms with Gasteiger partial charge in [-0.1, -0.05) is 18.2 Å². The van der Waals surface area contributed by atoms with E-state index in [1.165, 1.54) is 12.1 Å². The second-order valence-corrected chi connectivity index (χ2v) is 9.09. The Labute approximate surface area is 186 Å². The van der Waals surface area contributed by atoms with Gasteiger partial charge in [0.25, 0.3) is 5.92 Å². The number of benzene rings is 1. The number of piperidine rings is 1. The van der Waals surface area contributed by atoms with Gasteiger partial charge < -0.3 is 15.3 Å². The van der Waals surface area contributed by atoms with Gasteiger partial charge in [0.2, 0.25) is 0 Å². The average molecular weight is 442 g/mol. The van der Waals surface area contributed by atoms with Crippen molar-refractivity contribution in [1.82, 2.24) is 15.2 Å². The van der Waals surface area contributed by atoms with Gasteiger partial charge in [0, 0.05) is 31.0 Å². The molecule has 3 aromatic rings. The fraction of sp³-hybridized carbons (Fsp3) is 0.458. The number of rotatable bonds is 5. The van der Waals surface area contributed by atoms with Gasteiger partial charge in [-0.2, -0.15) is 5.10 Å². The van der Waals surface area contributed by atoms with E-state index in [9.17, 15) is 13.9 Å². The molecule has 0 radical (unpaired) electrons. The van der Waals surface area contributed by atoms with Gasteiger partial charge in [0.1, 0.15) is 0 Å². The maximum atomic E-state index is 13.8. The van der Waals surface area contributed by atoms with Gasteiger partial charge in [0.05, 0.1) is 34.7 Å². The van der Waals surface area contributed by atoms with Gasteiger partial charge in [-0.05, 0) is 51.3 Å². The summed E-state index contributed by atoms with van der Waals surface area (Å²) in [6.45, 7) is 8.03. The number of nitrogens with zero attached hydrogens (tertiary/aromatic N) is 4. The summed E-state index contributed by atoms with van der Waals surface area (Å²) >= 11 is 0. The lowest BCUT2D eigenvalue weighted by Gasteiger charge is -2.37. The number of pyridine rings is 1. The number of halogens is 2. The minimum atomic E-state index is -2.90. The molecule has 6 nitrogen and oxygen atoms in total. The van der Waals surface area contributed by atoms with E-state index in [0.717, 1.165) is 47.9 Å². The van der Waals surface area contributed by atoms with Crippen LogP contribution in [0.4, 0.5) is 20.3 Å². The maximum Gasteiger partial charge on any atom is 0.270 e. The second-order valence-electron chi connectivity index (χ2n) is 9.09. The van der Waals surface area contributed by atoms with Gasteiger partial charge >= 0.3 is 0 Å². The van der Waals surface area contributed by atoms with Crippen LogP contribution in [0.1, 0.15) is 56.5 Å². The number of aromatic nitrogens is 3. The highest BCUT2D eigenvalue weighted by atomic mass is 19.3. The van der Waals surface area contributed by atoms with Gasteiger partial charge in [-0.3, -0.25) is 4.98 Å². The Morgan fingerprint density at radius 1 is 1.19 bits per heavy atom. The van der Waals surface area contributed by atoms with Crippen LogP contribution in [-0.4, -0.2) is 39.0 Å². The Hall–Kier alpha value is -2.87. The van der Waals surface area contributed by atoms with Crippen LogP contribution in [0, 0.1) is 6.92 Å². The van der Waals surface area contributed by atoms with E-state index < -0.39 is 11.5 Å². The molecule has 1 fully saturated rings. The first-order chi connectivity index (χ1) is 15.0. The Morgan fingerprint density at radius 2 is 1.91 bits per heavy atom. The van der Waals surface area contributed by atoms with E-state index in [0.29, 0.717) is 18.7 Å². The Morgan fingerprint density at radius 3 is 2.59 bits per heavy atom. The maximum absolute atomic E-state index is 13.8. The molecule has 1 aliphatic rings. The number of nitrogens with one attached hydrogen (secondary N) is 1. The molecule has 0 saturated carbocycles. The molecule has 0 amide bonds. The Kier molecular flexibility index (Phi) is 5.75. The van der Waals surface area contributed by atoms with Crippen molar-refractivity contribution in [3.05, 3.63) is 53.3 Å². The highest BCUT2D eigenvalue weighted by molar-refractivity contribution is 5.92. The van der Waals surface area contributed by atoms with Crippen molar-refractivity contribution in [2.45, 2.75) is 58.1 Å². The molecule has 170 valence electrons. The molecule has 0 spiro atoms. The standard InChI is InChI=1S/C24H29F2N5O/c1-15(17-6-5-7-18(12-17)24(4,25)26)28-22-20-13-19(14-27-21(20)16(2)29-30-22)31-10-8-23(3,32)9-11-31/h5-7,12-15,32H,8-11H2,1-4H3,(H,28,30)/t15-/m1/s1. The lowest BCUT2D eigenvalue weighted by molar-refractivity contribution is 0.0173. The van der Waals surface area contributed by atoms with Crippen LogP contribution in [0.25, 0.3) is 10.9 Å². The Bertz CT molecular complexity index is 1120. The van der Waals surface area contributed by atoms with Crippen LogP contribution in [0.3, 0.4) is 0 Å². The predicted molar refractivity (Wildman–Crippen MR) is 122 cm³/mol. The Balaban J connectivity index is 1.65. The van der Waals surface area contributed by atoms with Crippen molar-refractivity contribution in [3.8, 4) is 0 Å². The lowest BCUT2D eigenvalue weighted by atomic mass is 9.93. The molecule has 4 rings (SSSR count). The number of aryl methyl sites for hydroxylation is 1. The highest BCUT2D eigenvalue weighted by Gasteiger charge is 2.28. The van der Waals surface area contributed by atoms with E-state index in [1.807, 2.05) is 39.1 Å². The number of alkyl halides is 2. The molecule has 2 N–H and O–H groups in total. The van der Waals surface area contributed by atoms with Crippen LogP contribution in [0.15, 0.2) is 36.5 Å². The molecule has 0 aliphatic carbocycles. The number of hydrogen-bond acceptors (Lipinski definition) is 6. The summed E-state index contributed by atoms with van der Waals surface area (Å²) in [5, 5.41) is 23.0. The molecular weight excluding hydrogens is 412 g/mol. The monoisotopic (exact) mass is 441 g/mol. The summed E-state index contributed by atoms with van der Waals surface area (Å²) in [5.74, 6) is -2.34. The molecule has 1 atom stereocenters. The summed E-state index contributed by atoms with van der Waals surface area (Å²) in [6, 6.07) is 8.19. The van der Waals surface area contributed by atoms with Crippen molar-refractivity contribution in [2.75, 3.05) is 23.3 Å². The fourth-order valence-electron chi connectivity index (χ4n) is 4.04. The molecular formula is C24H29F2N5O. The van der Waals surface area contributed by atoms with Crippen LogP contribution < -0.4 is 10.2 Å². The first kappa shape index (κ1) is 22.3. The zero-order valence-electron chi connectivity index (χ0n) is 18.9. The zero-order valence-corrected chi connectivity index (χ0v) is 18.9. The van der Waals surface area contributed by atoms with Crippen molar-refractivity contribution in [3.63, 3.8) is 0 Å². The van der Waals surface area contributed by atoms with Gasteiger partial charge in [-0.15, -0.1) is 5.10 Å². The topological polar surface area (TPSA) is 74.2 Å². The number of fused-ring (bicyclic) bond motifs is 1. The first-order valence-electron chi connectivity index (χ1n) is 10.9. The van der Waals surface area contributed by atoms with Gasteiger partial charge in [-0.25, -0.2) is 8.78 Å². The first-order valence-corrected chi connectivity index (χ1v) is 10.9. The molecule has 1 aromatic carbocycles. The van der Waals surface area contributed by atoms with Crippen LogP contribution in [0.5, 0.6) is 0 Å². The summed E-state index contributed by atoms with van der Waals surface area (Å²) in [4.78, 5) is 6.84. The summed E-state index contributed by atoms with van der Waals surface area (Å²) in [5.41, 5.74) is 2.52. The molecule has 2 aromatic heterocycles. The molecule has 1 saturated heterocycles. The largest absolute Gasteiger partial charge is 0.390 e. The third-order valence-electron chi connectivity index (χ3n) is 6.22. The summed E-state index contributed by atoms with van der Waals surface area (Å²) < 4.78 is 27.6. The smallest absolute Gasteiger partial charge is 0.270 e. The van der Waals surface area contributed by atoms with E-state index in [-0.39, 0.29) is 11.6 Å². The van der Waals surface area contributed by atoms with Crippen molar-refractivity contribution in [1.29, 1.82) is 0 Å². The van der Waals surface area contributed by atoms with Crippen LogP contribution in [-0.2, 0) is 5.92 Å². The molecule has 0 unspecified atom stereocenters. The lowest BCUT2D eigenvalue weighted by Crippen LogP contribution is -2.42. The molecule has 8 heteroatoms. The zero-order chi connectivity index (χ0) is 23.1. The SMILES string of the molecule is Cc1nnc(N[C@H](C)c2cccc(C(C)(F)F)c2)c2cc(N3CCC(C)(O)CC3)cnc12. The van der Waals surface area contributed by atoms with E-state index >= 15 is 0 Å². The van der Waals surface area contributed by atoms with Crippen LogP contribution in [0.2, 0.25) is 0 Å². The van der Waals surface area contributed by atoms with Crippen LogP contribution >= 0.6 is 0 Å². The molecule has 0 bridgehead atoms. The fourth-order valence-corrected chi connectivity index (χ4v) is 4.04. The van der Waals surface area contributed by atoms with Crippen molar-refractivity contribution >= 4 is 22.4 Å². The normalized spacial score (nSPS) is 17.4. The van der Waals surface area contributed by atoms with E-state index in [2.05, 4.69) is 25.4 Å². The third kappa shape index (κ3) is 4.65. The van der Waals surface area contributed by atoms with Crippen molar-refractivity contribution in [2.24, 2.45) is 0 Å². The van der Waals surface area contributed by atoms with Gasteiger partial charge in [0.15, 0.2) is 5.82 Å². The molecule has 1 aliphatic heterocycles. The summed E-state index contributed by atoms with van der Waals surface area (Å²) in [7, 11) is 0.